The number of hydrogen-bond acceptors (Lipinski definition) is 10. The third-order valence-electron chi connectivity index (χ3n) is 13.9. The number of fused-ring (bicyclic) bond motifs is 2. The van der Waals surface area contributed by atoms with Gasteiger partial charge in [-0.2, -0.15) is 9.29 Å². The van der Waals surface area contributed by atoms with Crippen LogP contribution in [0.25, 0.3) is 0 Å². The van der Waals surface area contributed by atoms with E-state index in [-0.39, 0.29) is 36.5 Å². The van der Waals surface area contributed by atoms with E-state index in [1.54, 1.807) is 10.4 Å². The van der Waals surface area contributed by atoms with Crippen LogP contribution in [0.2, 0.25) is 16.6 Å². The molecule has 0 bridgehead atoms. The molecule has 1 unspecified atom stereocenters. The molecule has 5 heterocycles. The molecule has 2 aliphatic carbocycles. The van der Waals surface area contributed by atoms with Crippen molar-refractivity contribution >= 4 is 41.7 Å². The number of sulfonamides is 1. The maximum Gasteiger partial charge on any atom is 0.243 e. The lowest BCUT2D eigenvalue weighted by atomic mass is 9.91. The normalized spacial score (nSPS) is 26.4. The van der Waals surface area contributed by atoms with E-state index in [4.69, 9.17) is 23.9 Å². The number of aromatic nitrogens is 2. The molecule has 0 radical (unpaired) electrons. The maximum atomic E-state index is 14.0. The number of piperidine rings is 1. The van der Waals surface area contributed by atoms with Crippen molar-refractivity contribution in [2.75, 3.05) is 47.9 Å². The minimum absolute atomic E-state index is 0.0189. The van der Waals surface area contributed by atoms with E-state index >= 15 is 0 Å². The molecule has 12 nitrogen and oxygen atoms in total. The zero-order valence-electron chi connectivity index (χ0n) is 34.4. The standard InChI is InChI=1S/C42H64N6O6SSi/c1-28(2)56(29(3)4,30(5)6)54-35-26-46(27-35)32-11-10-14-36(24-32)55(50,51)47-20-16-31(17-21-47)44-41-43-25-37-39(45-41)48(40(49)42(37)18-19-42)33-12-9-13-34(23-33)53-38-15-7-8-22-52-38/h10-11,14,24-25,28-31,33-35,38H,7-9,12-13,15-23,26-27H2,1-6H3,(H,43,44,45)/t33-,34-,38?/m1/s1. The van der Waals surface area contributed by atoms with Crippen molar-refractivity contribution in [2.45, 2.75) is 170 Å². The largest absolute Gasteiger partial charge is 0.410 e. The molecule has 5 fully saturated rings. The summed E-state index contributed by atoms with van der Waals surface area (Å²) in [5.41, 5.74) is 2.99. The third kappa shape index (κ3) is 7.44. The first-order chi connectivity index (χ1) is 26.8. The lowest BCUT2D eigenvalue weighted by molar-refractivity contribution is -0.193. The van der Waals surface area contributed by atoms with Crippen LogP contribution in [0.15, 0.2) is 35.4 Å². The monoisotopic (exact) mass is 808 g/mol. The topological polar surface area (TPSA) is 126 Å². The van der Waals surface area contributed by atoms with E-state index < -0.39 is 23.8 Å². The predicted molar refractivity (Wildman–Crippen MR) is 221 cm³/mol. The fourth-order valence-corrected chi connectivity index (χ4v) is 17.8. The average molecular weight is 809 g/mol. The van der Waals surface area contributed by atoms with Crippen molar-refractivity contribution in [1.29, 1.82) is 0 Å². The maximum absolute atomic E-state index is 14.0. The van der Waals surface area contributed by atoms with Crippen LogP contribution in [0.5, 0.6) is 0 Å². The van der Waals surface area contributed by atoms with Gasteiger partial charge in [-0.3, -0.25) is 9.69 Å². The Labute approximate surface area is 335 Å². The molecule has 6 aliphatic rings. The highest BCUT2D eigenvalue weighted by atomic mass is 32.2. The molecule has 4 aliphatic heterocycles. The van der Waals surface area contributed by atoms with E-state index in [1.165, 1.54) is 0 Å². The number of carbonyl (C=O) groups excluding carboxylic acids is 1. The molecule has 3 atom stereocenters. The fraction of sp³-hybridized carbons (Fsp3) is 0.738. The Hall–Kier alpha value is -2.62. The molecule has 1 N–H and O–H groups in total. The number of ether oxygens (including phenoxy) is 2. The van der Waals surface area contributed by atoms with Gasteiger partial charge in [-0.05, 0) is 105 Å². The summed E-state index contributed by atoms with van der Waals surface area (Å²) >= 11 is 0. The highest BCUT2D eigenvalue weighted by Gasteiger charge is 2.61. The van der Waals surface area contributed by atoms with Crippen LogP contribution < -0.4 is 15.1 Å². The predicted octanol–water partition coefficient (Wildman–Crippen LogP) is 7.36. The van der Waals surface area contributed by atoms with Gasteiger partial charge < -0.3 is 24.1 Å². The van der Waals surface area contributed by atoms with Crippen LogP contribution in [0.4, 0.5) is 17.5 Å². The summed E-state index contributed by atoms with van der Waals surface area (Å²) in [5.74, 6) is 1.40. The smallest absolute Gasteiger partial charge is 0.243 e. The summed E-state index contributed by atoms with van der Waals surface area (Å²) < 4.78 is 48.8. The Morgan fingerprint density at radius 1 is 0.929 bits per heavy atom. The van der Waals surface area contributed by atoms with E-state index in [0.717, 1.165) is 94.6 Å². The molecule has 1 spiro atoms. The van der Waals surface area contributed by atoms with E-state index in [9.17, 15) is 13.2 Å². The number of anilines is 3. The zero-order chi connectivity index (χ0) is 39.4. The lowest BCUT2D eigenvalue weighted by Crippen LogP contribution is -2.60. The van der Waals surface area contributed by atoms with Crippen molar-refractivity contribution in [3.05, 3.63) is 36.0 Å². The van der Waals surface area contributed by atoms with Gasteiger partial charge in [0.1, 0.15) is 5.82 Å². The Balaban J connectivity index is 0.881. The molecule has 8 rings (SSSR count). The summed E-state index contributed by atoms with van der Waals surface area (Å²) in [6.07, 6.45) is 11.8. The minimum Gasteiger partial charge on any atom is -0.410 e. The lowest BCUT2D eigenvalue weighted by Gasteiger charge is -2.50. The van der Waals surface area contributed by atoms with Crippen LogP contribution in [0.1, 0.15) is 118 Å². The van der Waals surface area contributed by atoms with Crippen LogP contribution in [0.3, 0.4) is 0 Å². The van der Waals surface area contributed by atoms with E-state index in [2.05, 4.69) is 51.8 Å². The molecule has 14 heteroatoms. The molecular weight excluding hydrogens is 745 g/mol. The van der Waals surface area contributed by atoms with Crippen LogP contribution >= 0.6 is 0 Å². The molecule has 3 saturated heterocycles. The molecule has 2 aromatic rings. The zero-order valence-corrected chi connectivity index (χ0v) is 36.2. The average Bonchev–Trinajstić information content (AvgIpc) is 3.93. The summed E-state index contributed by atoms with van der Waals surface area (Å²) in [6.45, 7) is 17.0. The van der Waals surface area contributed by atoms with Gasteiger partial charge >= 0.3 is 0 Å². The summed E-state index contributed by atoms with van der Waals surface area (Å²) in [7, 11) is -5.65. The summed E-state index contributed by atoms with van der Waals surface area (Å²) in [6, 6.07) is 7.47. The second-order valence-corrected chi connectivity index (χ2v) is 25.7. The van der Waals surface area contributed by atoms with Gasteiger partial charge in [0.15, 0.2) is 6.29 Å². The van der Waals surface area contributed by atoms with Crippen LogP contribution in [0, 0.1) is 0 Å². The Morgan fingerprint density at radius 2 is 1.66 bits per heavy atom. The quantitative estimate of drug-likeness (QED) is 0.205. The van der Waals surface area contributed by atoms with E-state index in [1.807, 2.05) is 29.3 Å². The molecule has 56 heavy (non-hydrogen) atoms. The molecule has 1 amide bonds. The molecular formula is C42H64N6O6SSi. The number of carbonyl (C=O) groups is 1. The minimum atomic E-state index is -3.67. The second-order valence-electron chi connectivity index (χ2n) is 18.3. The SMILES string of the molecule is CC(C)[Si](OC1CN(c2cccc(S(=O)(=O)N3CCC(Nc4ncc5c(n4)N([C@@H]4CCC[C@@H](OC6CCCCO6)C4)C(=O)C54CC4)CC3)c2)C1)(C(C)C)C(C)C. The molecule has 2 saturated carbocycles. The number of amides is 1. The highest BCUT2D eigenvalue weighted by Crippen LogP contribution is 2.58. The van der Waals surface area contributed by atoms with Crippen molar-refractivity contribution in [3.63, 3.8) is 0 Å². The Kier molecular flexibility index (Phi) is 11.4. The number of nitrogens with one attached hydrogen (secondary N) is 1. The highest BCUT2D eigenvalue weighted by molar-refractivity contribution is 7.89. The first kappa shape index (κ1) is 40.2. The number of benzene rings is 1. The first-order valence-electron chi connectivity index (χ1n) is 21.6. The van der Waals surface area contributed by atoms with Crippen LogP contribution in [-0.2, 0) is 34.1 Å². The van der Waals surface area contributed by atoms with Gasteiger partial charge in [0.25, 0.3) is 0 Å². The van der Waals surface area contributed by atoms with Gasteiger partial charge in [-0.15, -0.1) is 0 Å². The van der Waals surface area contributed by atoms with Gasteiger partial charge in [0.05, 0.1) is 22.5 Å². The summed E-state index contributed by atoms with van der Waals surface area (Å²) in [5, 5.41) is 3.51. The van der Waals surface area contributed by atoms with Gasteiger partial charge in [0, 0.05) is 62.3 Å². The van der Waals surface area contributed by atoms with Crippen molar-refractivity contribution < 1.29 is 27.1 Å². The van der Waals surface area contributed by atoms with Crippen LogP contribution in [-0.4, -0.2) is 100 Å². The second kappa shape index (κ2) is 15.9. The third-order valence-corrected chi connectivity index (χ3v) is 21.9. The summed E-state index contributed by atoms with van der Waals surface area (Å²) in [4.78, 5) is 28.3. The van der Waals surface area contributed by atoms with Gasteiger partial charge in [0.2, 0.25) is 30.2 Å². The number of hydrogen-bond donors (Lipinski definition) is 1. The first-order valence-corrected chi connectivity index (χ1v) is 25.2. The Morgan fingerprint density at radius 3 is 2.32 bits per heavy atom. The Bertz CT molecular complexity index is 1820. The van der Waals surface area contributed by atoms with Crippen molar-refractivity contribution in [3.8, 4) is 0 Å². The number of rotatable bonds is 13. The molecule has 308 valence electrons. The van der Waals surface area contributed by atoms with Crippen molar-refractivity contribution in [1.82, 2.24) is 14.3 Å². The number of nitrogens with zero attached hydrogens (tertiary/aromatic N) is 5. The molecule has 1 aromatic heterocycles. The fourth-order valence-electron chi connectivity index (χ4n) is 10.7. The van der Waals surface area contributed by atoms with Gasteiger partial charge in [-0.1, -0.05) is 47.6 Å². The van der Waals surface area contributed by atoms with Crippen molar-refractivity contribution in [2.24, 2.45) is 0 Å². The molecule has 1 aromatic carbocycles. The van der Waals surface area contributed by atoms with Gasteiger partial charge in [-0.25, -0.2) is 13.4 Å². The van der Waals surface area contributed by atoms with E-state index in [0.29, 0.717) is 53.4 Å².